The molecule has 0 fully saturated rings. The highest BCUT2D eigenvalue weighted by Crippen LogP contribution is 2.37. The van der Waals surface area contributed by atoms with Gasteiger partial charge in [0.2, 0.25) is 0 Å². The van der Waals surface area contributed by atoms with Crippen LogP contribution in [0.25, 0.3) is 0 Å². The summed E-state index contributed by atoms with van der Waals surface area (Å²) >= 11 is 0. The molecule has 6 heteroatoms. The van der Waals surface area contributed by atoms with Crippen LogP contribution >= 0.6 is 0 Å². The molecule has 3 rings (SSSR count). The third-order valence-corrected chi connectivity index (χ3v) is 3.43. The van der Waals surface area contributed by atoms with E-state index in [4.69, 9.17) is 4.74 Å². The van der Waals surface area contributed by atoms with E-state index in [0.29, 0.717) is 17.1 Å². The predicted octanol–water partition coefficient (Wildman–Crippen LogP) is 3.13. The van der Waals surface area contributed by atoms with Crippen molar-refractivity contribution in [1.29, 1.82) is 0 Å². The van der Waals surface area contributed by atoms with E-state index in [1.54, 1.807) is 44.3 Å². The molecule has 1 aromatic heterocycles. The number of aromatic nitrogens is 1. The molecule has 2 heterocycles. The molecule has 0 aliphatic carbocycles. The molecule has 1 N–H and O–H groups in total. The molecule has 1 aliphatic heterocycles. The highest BCUT2D eigenvalue weighted by molar-refractivity contribution is 6.09. The number of benzene rings is 1. The monoisotopic (exact) mass is 311 g/mol. The summed E-state index contributed by atoms with van der Waals surface area (Å²) in [6.07, 6.45) is 0.688. The summed E-state index contributed by atoms with van der Waals surface area (Å²) in [6.45, 7) is 3.53. The summed E-state index contributed by atoms with van der Waals surface area (Å²) in [7, 11) is 0. The van der Waals surface area contributed by atoms with E-state index in [-0.39, 0.29) is 12.0 Å². The molecular formula is C17H17N3O3. The topological polar surface area (TPSA) is 71.5 Å². The van der Waals surface area contributed by atoms with Crippen LogP contribution in [-0.4, -0.2) is 23.1 Å². The number of rotatable bonds is 2. The van der Waals surface area contributed by atoms with E-state index in [0.717, 1.165) is 0 Å². The average Bonchev–Trinajstić information content (AvgIpc) is 2.53. The Morgan fingerprint density at radius 3 is 2.65 bits per heavy atom. The second kappa shape index (κ2) is 6.08. The molecule has 2 aromatic rings. The molecule has 1 atom stereocenters. The number of amides is 2. The lowest BCUT2D eigenvalue weighted by molar-refractivity contribution is -0.117. The highest BCUT2D eigenvalue weighted by Gasteiger charge is 2.40. The zero-order valence-corrected chi connectivity index (χ0v) is 12.9. The molecule has 6 nitrogen and oxygen atoms in total. The maximum absolute atomic E-state index is 12.6. The molecule has 1 aliphatic rings. The average molecular weight is 311 g/mol. The van der Waals surface area contributed by atoms with Gasteiger partial charge in [-0.15, -0.1) is 0 Å². The van der Waals surface area contributed by atoms with Crippen molar-refractivity contribution in [2.75, 3.05) is 10.2 Å². The van der Waals surface area contributed by atoms with Crippen molar-refractivity contribution in [1.82, 2.24) is 4.98 Å². The number of hydrogen-bond acceptors (Lipinski definition) is 4. The number of anilines is 2. The number of nitrogens with one attached hydrogen (secondary N) is 1. The van der Waals surface area contributed by atoms with Gasteiger partial charge in [-0.25, -0.2) is 14.7 Å². The van der Waals surface area contributed by atoms with Crippen molar-refractivity contribution in [3.05, 3.63) is 54.2 Å². The van der Waals surface area contributed by atoms with Crippen molar-refractivity contribution in [2.45, 2.75) is 26.0 Å². The van der Waals surface area contributed by atoms with E-state index in [1.807, 2.05) is 18.2 Å². The Labute approximate surface area is 134 Å². The van der Waals surface area contributed by atoms with Crippen LogP contribution in [0.1, 0.15) is 25.5 Å². The van der Waals surface area contributed by atoms with Crippen molar-refractivity contribution in [3.8, 4) is 0 Å². The highest BCUT2D eigenvalue weighted by atomic mass is 16.6. The van der Waals surface area contributed by atoms with Gasteiger partial charge in [0.15, 0.2) is 5.82 Å². The summed E-state index contributed by atoms with van der Waals surface area (Å²) < 4.78 is 5.31. The van der Waals surface area contributed by atoms with Crippen LogP contribution in [0.2, 0.25) is 0 Å². The molecule has 0 bridgehead atoms. The van der Waals surface area contributed by atoms with Crippen molar-refractivity contribution in [3.63, 3.8) is 0 Å². The second-order valence-electron chi connectivity index (χ2n) is 5.48. The predicted molar refractivity (Wildman–Crippen MR) is 86.1 cm³/mol. The number of nitrogens with zero attached hydrogens (tertiary/aromatic N) is 2. The Morgan fingerprint density at radius 2 is 1.96 bits per heavy atom. The minimum absolute atomic E-state index is 0.294. The van der Waals surface area contributed by atoms with Crippen LogP contribution in [0.3, 0.4) is 0 Å². The van der Waals surface area contributed by atoms with Gasteiger partial charge in [0.25, 0.3) is 5.91 Å². The molecule has 0 radical (unpaired) electrons. The van der Waals surface area contributed by atoms with Gasteiger partial charge in [0.1, 0.15) is 6.04 Å². The normalized spacial score (nSPS) is 16.7. The maximum atomic E-state index is 12.6. The van der Waals surface area contributed by atoms with Crippen molar-refractivity contribution >= 4 is 23.5 Å². The van der Waals surface area contributed by atoms with Crippen LogP contribution in [0.4, 0.5) is 16.3 Å². The van der Waals surface area contributed by atoms with E-state index in [9.17, 15) is 9.59 Å². The Morgan fingerprint density at radius 1 is 1.22 bits per heavy atom. The Kier molecular flexibility index (Phi) is 3.97. The Bertz CT molecular complexity index is 731. The molecule has 1 unspecified atom stereocenters. The summed E-state index contributed by atoms with van der Waals surface area (Å²) in [4.78, 5) is 30.7. The first-order valence-electron chi connectivity index (χ1n) is 7.38. The molecular weight excluding hydrogens is 294 g/mol. The Hall–Kier alpha value is -2.89. The quantitative estimate of drug-likeness (QED) is 0.925. The van der Waals surface area contributed by atoms with Gasteiger partial charge in [0.05, 0.1) is 11.8 Å². The third-order valence-electron chi connectivity index (χ3n) is 3.43. The molecule has 2 amide bonds. The molecule has 118 valence electrons. The molecule has 0 spiro atoms. The standard InChI is InChI=1S/C17H17N3O3/c1-11(2)23-17(22)20-14(12-7-4-3-5-8-12)16(21)19-13-9-6-10-18-15(13)20/h3-11,14H,1-2H3,(H,19,21). The fourth-order valence-electron chi connectivity index (χ4n) is 2.51. The summed E-state index contributed by atoms with van der Waals surface area (Å²) in [5.41, 5.74) is 1.19. The SMILES string of the molecule is CC(C)OC(=O)N1c2ncccc2NC(=O)C1c1ccccc1. The minimum Gasteiger partial charge on any atom is -0.446 e. The number of fused-ring (bicyclic) bond motifs is 1. The van der Waals surface area contributed by atoms with E-state index in [2.05, 4.69) is 10.3 Å². The smallest absolute Gasteiger partial charge is 0.416 e. The summed E-state index contributed by atoms with van der Waals surface area (Å²) in [6, 6.07) is 11.7. The van der Waals surface area contributed by atoms with Gasteiger partial charge in [0, 0.05) is 6.20 Å². The van der Waals surface area contributed by atoms with E-state index >= 15 is 0 Å². The van der Waals surface area contributed by atoms with Gasteiger partial charge >= 0.3 is 6.09 Å². The molecule has 0 saturated carbocycles. The first-order chi connectivity index (χ1) is 11.1. The second-order valence-corrected chi connectivity index (χ2v) is 5.48. The van der Waals surface area contributed by atoms with Gasteiger partial charge in [-0.2, -0.15) is 0 Å². The fourth-order valence-corrected chi connectivity index (χ4v) is 2.51. The van der Waals surface area contributed by atoms with Crippen LogP contribution in [-0.2, 0) is 9.53 Å². The minimum atomic E-state index is -0.815. The summed E-state index contributed by atoms with van der Waals surface area (Å²) in [5, 5.41) is 2.80. The molecule has 1 aromatic carbocycles. The fraction of sp³-hybridized carbons (Fsp3) is 0.235. The van der Waals surface area contributed by atoms with Crippen LogP contribution in [0.5, 0.6) is 0 Å². The number of carbonyl (C=O) groups excluding carboxylic acids is 2. The van der Waals surface area contributed by atoms with Gasteiger partial charge < -0.3 is 10.1 Å². The maximum Gasteiger partial charge on any atom is 0.416 e. The lowest BCUT2D eigenvalue weighted by Gasteiger charge is -2.35. The summed E-state index contributed by atoms with van der Waals surface area (Å²) in [5.74, 6) is 0.0870. The first kappa shape index (κ1) is 15.0. The molecule has 0 saturated heterocycles. The van der Waals surface area contributed by atoms with Crippen molar-refractivity contribution < 1.29 is 14.3 Å². The lowest BCUT2D eigenvalue weighted by Crippen LogP contribution is -2.46. The zero-order chi connectivity index (χ0) is 16.4. The number of ether oxygens (including phenoxy) is 1. The lowest BCUT2D eigenvalue weighted by atomic mass is 10.0. The van der Waals surface area contributed by atoms with Crippen molar-refractivity contribution in [2.24, 2.45) is 0 Å². The van der Waals surface area contributed by atoms with E-state index in [1.165, 1.54) is 4.90 Å². The number of hydrogen-bond donors (Lipinski definition) is 1. The van der Waals surface area contributed by atoms with Crippen LogP contribution in [0, 0.1) is 0 Å². The number of pyridine rings is 1. The van der Waals surface area contributed by atoms with Crippen LogP contribution < -0.4 is 10.2 Å². The van der Waals surface area contributed by atoms with Gasteiger partial charge in [-0.1, -0.05) is 30.3 Å². The number of carbonyl (C=O) groups is 2. The largest absolute Gasteiger partial charge is 0.446 e. The third kappa shape index (κ3) is 2.88. The van der Waals surface area contributed by atoms with Gasteiger partial charge in [-0.3, -0.25) is 4.79 Å². The first-order valence-corrected chi connectivity index (χ1v) is 7.38. The Balaban J connectivity index is 2.10. The van der Waals surface area contributed by atoms with Crippen LogP contribution in [0.15, 0.2) is 48.7 Å². The molecule has 23 heavy (non-hydrogen) atoms. The van der Waals surface area contributed by atoms with Gasteiger partial charge in [-0.05, 0) is 31.5 Å². The van der Waals surface area contributed by atoms with E-state index < -0.39 is 12.1 Å². The zero-order valence-electron chi connectivity index (χ0n) is 12.9.